The highest BCUT2D eigenvalue weighted by atomic mass is 16.5. The van der Waals surface area contributed by atoms with E-state index in [9.17, 15) is 9.59 Å². The van der Waals surface area contributed by atoms with Crippen LogP contribution in [-0.4, -0.2) is 75.2 Å². The van der Waals surface area contributed by atoms with Crippen molar-refractivity contribution in [3.63, 3.8) is 0 Å². The molecule has 0 atom stereocenters. The van der Waals surface area contributed by atoms with Crippen LogP contribution in [0.1, 0.15) is 207 Å². The summed E-state index contributed by atoms with van der Waals surface area (Å²) in [4.78, 5) is 29.4. The molecule has 0 aromatic heterocycles. The smallest absolute Gasteiger partial charge is 0.306 e. The fourth-order valence-corrected chi connectivity index (χ4v) is 7.24. The Balaban J connectivity index is 4.13. The van der Waals surface area contributed by atoms with Crippen molar-refractivity contribution in [2.45, 2.75) is 207 Å². The van der Waals surface area contributed by atoms with E-state index in [0.717, 1.165) is 56.9 Å². The van der Waals surface area contributed by atoms with Gasteiger partial charge in [0.1, 0.15) is 13.2 Å². The van der Waals surface area contributed by atoms with Gasteiger partial charge in [-0.2, -0.15) is 0 Å². The summed E-state index contributed by atoms with van der Waals surface area (Å²) in [5.41, 5.74) is 0. The number of hydrogen-bond acceptors (Lipinski definition) is 6. The third-order valence-electron chi connectivity index (χ3n) is 10.9. The van der Waals surface area contributed by atoms with E-state index in [0.29, 0.717) is 26.1 Å². The molecular formula is C48H92N2O4. The zero-order valence-electron chi connectivity index (χ0n) is 37.0. The van der Waals surface area contributed by atoms with Crippen LogP contribution in [0.4, 0.5) is 0 Å². The molecule has 0 N–H and O–H groups in total. The summed E-state index contributed by atoms with van der Waals surface area (Å²) in [7, 11) is 4.31. The van der Waals surface area contributed by atoms with Crippen LogP contribution in [0.25, 0.3) is 0 Å². The average molecular weight is 761 g/mol. The first-order valence-corrected chi connectivity index (χ1v) is 23.3. The summed E-state index contributed by atoms with van der Waals surface area (Å²) in [5, 5.41) is 0. The number of nitrogens with zero attached hydrogens (tertiary/aromatic N) is 2. The minimum absolute atomic E-state index is 0.0519. The van der Waals surface area contributed by atoms with E-state index in [1.54, 1.807) is 0 Å². The molecule has 0 rings (SSSR count). The highest BCUT2D eigenvalue weighted by Gasteiger charge is 2.09. The first-order chi connectivity index (χ1) is 26.4. The third kappa shape index (κ3) is 37.3. The van der Waals surface area contributed by atoms with Gasteiger partial charge < -0.3 is 19.3 Å². The minimum atomic E-state index is -0.0519. The Morgan fingerprint density at radius 3 is 1.15 bits per heavy atom. The Morgan fingerprint density at radius 1 is 0.444 bits per heavy atom. The molecule has 0 saturated heterocycles. The molecule has 6 heteroatoms. The van der Waals surface area contributed by atoms with Gasteiger partial charge in [0.2, 0.25) is 0 Å². The largest absolute Gasteiger partial charge is 0.461 e. The Hall–Kier alpha value is -1.66. The number of hydrogen-bond donors (Lipinski definition) is 0. The van der Waals surface area contributed by atoms with Gasteiger partial charge in [0, 0.05) is 12.8 Å². The van der Waals surface area contributed by atoms with Gasteiger partial charge in [-0.3, -0.25) is 9.59 Å². The Labute approximate surface area is 337 Å². The van der Waals surface area contributed by atoms with Gasteiger partial charge in [-0.05, 0) is 103 Å². The second-order valence-corrected chi connectivity index (χ2v) is 16.5. The number of carbonyl (C=O) groups is 2. The molecule has 6 nitrogen and oxygen atoms in total. The molecule has 0 aliphatic rings. The van der Waals surface area contributed by atoms with Crippen molar-refractivity contribution in [2.75, 3.05) is 53.5 Å². The molecule has 0 bridgehead atoms. The van der Waals surface area contributed by atoms with Gasteiger partial charge in [-0.1, -0.05) is 168 Å². The van der Waals surface area contributed by atoms with Gasteiger partial charge in [-0.15, -0.1) is 0 Å². The van der Waals surface area contributed by atoms with Gasteiger partial charge in [-0.25, -0.2) is 0 Å². The van der Waals surface area contributed by atoms with Crippen LogP contribution in [0.15, 0.2) is 24.3 Å². The molecule has 0 fully saturated rings. The van der Waals surface area contributed by atoms with Gasteiger partial charge >= 0.3 is 11.9 Å². The number of rotatable bonds is 41. The van der Waals surface area contributed by atoms with Crippen LogP contribution >= 0.6 is 0 Å². The first-order valence-electron chi connectivity index (χ1n) is 23.3. The van der Waals surface area contributed by atoms with Crippen molar-refractivity contribution in [3.8, 4) is 0 Å². The van der Waals surface area contributed by atoms with Crippen LogP contribution in [0, 0.1) is 11.8 Å². The number of carbonyl (C=O) groups excluding carboxylic acids is 2. The monoisotopic (exact) mass is 761 g/mol. The Morgan fingerprint density at radius 2 is 0.778 bits per heavy atom. The molecule has 54 heavy (non-hydrogen) atoms. The molecule has 0 spiro atoms. The van der Waals surface area contributed by atoms with E-state index in [2.05, 4.69) is 63.7 Å². The summed E-state index contributed by atoms with van der Waals surface area (Å²) in [5.74, 6) is 1.45. The predicted molar refractivity (Wildman–Crippen MR) is 234 cm³/mol. The van der Waals surface area contributed by atoms with Crippen molar-refractivity contribution in [1.29, 1.82) is 0 Å². The summed E-state index contributed by atoms with van der Waals surface area (Å²) < 4.78 is 10.9. The Kier molecular flexibility index (Phi) is 39.7. The van der Waals surface area contributed by atoms with Crippen molar-refractivity contribution in [1.82, 2.24) is 9.80 Å². The summed E-state index contributed by atoms with van der Waals surface area (Å²) in [6.07, 6.45) is 41.3. The normalized spacial score (nSPS) is 12.1. The molecular weight excluding hydrogens is 669 g/mol. The van der Waals surface area contributed by atoms with Crippen LogP contribution in [0.5, 0.6) is 0 Å². The molecule has 0 aromatic carbocycles. The highest BCUT2D eigenvalue weighted by Crippen LogP contribution is 2.21. The van der Waals surface area contributed by atoms with Gasteiger partial charge in [0.05, 0.1) is 0 Å². The Bertz CT molecular complexity index is 795. The van der Waals surface area contributed by atoms with Crippen molar-refractivity contribution >= 4 is 11.9 Å². The number of ether oxygens (including phenoxy) is 2. The van der Waals surface area contributed by atoms with E-state index < -0.39 is 0 Å². The molecule has 0 saturated carbocycles. The fourth-order valence-electron chi connectivity index (χ4n) is 7.24. The molecule has 0 radical (unpaired) electrons. The molecule has 0 unspecified atom stereocenters. The lowest BCUT2D eigenvalue weighted by Crippen LogP contribution is -2.28. The zero-order chi connectivity index (χ0) is 39.7. The molecule has 0 aromatic rings. The molecule has 0 amide bonds. The zero-order valence-corrected chi connectivity index (χ0v) is 37.0. The fraction of sp³-hybridized carbons (Fsp3) is 0.875. The predicted octanol–water partition coefficient (Wildman–Crippen LogP) is 13.3. The lowest BCUT2D eigenvalue weighted by Gasteiger charge is -2.23. The van der Waals surface area contributed by atoms with Gasteiger partial charge in [0.25, 0.3) is 0 Å². The number of unbranched alkanes of at least 4 members (excludes halogenated alkanes) is 13. The lowest BCUT2D eigenvalue weighted by molar-refractivity contribution is -0.143. The molecule has 0 aliphatic heterocycles. The topological polar surface area (TPSA) is 59.1 Å². The van der Waals surface area contributed by atoms with E-state index in [1.807, 2.05) is 12.2 Å². The molecule has 0 aliphatic carbocycles. The van der Waals surface area contributed by atoms with E-state index in [-0.39, 0.29) is 11.9 Å². The second kappa shape index (κ2) is 41.0. The maximum absolute atomic E-state index is 12.2. The quantitative estimate of drug-likeness (QED) is 0.0351. The minimum Gasteiger partial charge on any atom is -0.461 e. The number of allylic oxidation sites excluding steroid dienone is 2. The van der Waals surface area contributed by atoms with E-state index >= 15 is 0 Å². The van der Waals surface area contributed by atoms with Crippen molar-refractivity contribution in [2.24, 2.45) is 11.8 Å². The van der Waals surface area contributed by atoms with E-state index in [1.165, 1.54) is 148 Å². The summed E-state index contributed by atoms with van der Waals surface area (Å²) in [6.45, 7) is 14.6. The van der Waals surface area contributed by atoms with Crippen LogP contribution < -0.4 is 0 Å². The summed E-state index contributed by atoms with van der Waals surface area (Å²) in [6, 6.07) is 0. The van der Waals surface area contributed by atoms with Gasteiger partial charge in [0.15, 0.2) is 0 Å². The SMILES string of the molecule is CCCCC(C/C=C\COC(=O)CCCCCCCN(CCCCCCCC(=O)OC/C=C\CC(CCCC)CCCC)CCCCN(C)C)CCCC. The maximum atomic E-state index is 12.2. The third-order valence-corrected chi connectivity index (χ3v) is 10.9. The maximum Gasteiger partial charge on any atom is 0.306 e. The second-order valence-electron chi connectivity index (χ2n) is 16.5. The van der Waals surface area contributed by atoms with E-state index in [4.69, 9.17) is 9.47 Å². The summed E-state index contributed by atoms with van der Waals surface area (Å²) >= 11 is 0. The highest BCUT2D eigenvalue weighted by molar-refractivity contribution is 5.69. The molecule has 318 valence electrons. The lowest BCUT2D eigenvalue weighted by atomic mass is 9.93. The standard InChI is InChI=1S/C48H92N2O4/c1-7-11-31-45(32-12-8-2)35-23-29-43-53-47(51)37-21-17-15-19-25-40-50(42-28-27-39-49(5)6)41-26-20-16-18-22-38-48(52)54-44-30-24-36-46(33-13-9-3)34-14-10-4/h23-24,29-30,45-46H,7-22,25-28,31-44H2,1-6H3/b29-23-,30-24-. The average Bonchev–Trinajstić information content (AvgIpc) is 3.16. The van der Waals surface area contributed by atoms with Crippen LogP contribution in [-0.2, 0) is 19.1 Å². The van der Waals surface area contributed by atoms with Crippen LogP contribution in [0.3, 0.4) is 0 Å². The van der Waals surface area contributed by atoms with Crippen molar-refractivity contribution < 1.29 is 19.1 Å². The van der Waals surface area contributed by atoms with Crippen LogP contribution in [0.2, 0.25) is 0 Å². The number of esters is 2. The first kappa shape index (κ1) is 52.3. The van der Waals surface area contributed by atoms with Crippen molar-refractivity contribution in [3.05, 3.63) is 24.3 Å². The molecule has 0 heterocycles.